The van der Waals surface area contributed by atoms with Crippen LogP contribution in [-0.4, -0.2) is 14.3 Å². The highest BCUT2D eigenvalue weighted by Gasteiger charge is 2.10. The number of nitrogens with one attached hydrogen (secondary N) is 1. The van der Waals surface area contributed by atoms with E-state index in [0.29, 0.717) is 11.3 Å². The summed E-state index contributed by atoms with van der Waals surface area (Å²) in [6.45, 7) is 0. The van der Waals surface area contributed by atoms with Crippen LogP contribution in [0.15, 0.2) is 51.8 Å². The van der Waals surface area contributed by atoms with E-state index in [1.165, 1.54) is 24.3 Å². The van der Waals surface area contributed by atoms with Crippen LogP contribution in [0.2, 0.25) is 0 Å². The Balaban J connectivity index is 2.18. The number of benzene rings is 2. The van der Waals surface area contributed by atoms with E-state index in [0.717, 1.165) is 8.04 Å². The summed E-state index contributed by atoms with van der Waals surface area (Å²) in [6.07, 6.45) is 0. The third-order valence-corrected chi connectivity index (χ3v) is 5.88. The van der Waals surface area contributed by atoms with Gasteiger partial charge in [-0.25, -0.2) is 13.6 Å². The average Bonchev–Trinajstić information content (AvgIpc) is 2.41. The van der Waals surface area contributed by atoms with Gasteiger partial charge in [-0.1, -0.05) is 0 Å². The lowest BCUT2D eigenvalue weighted by Gasteiger charge is -2.07. The molecule has 0 saturated heterocycles. The fourth-order valence-electron chi connectivity index (χ4n) is 1.57. The monoisotopic (exact) mass is 480 g/mol. The Labute approximate surface area is 144 Å². The van der Waals surface area contributed by atoms with Gasteiger partial charge in [0.2, 0.25) is 10.0 Å². The van der Waals surface area contributed by atoms with E-state index < -0.39 is 10.0 Å². The Morgan fingerprint density at radius 2 is 1.76 bits per heavy atom. The van der Waals surface area contributed by atoms with E-state index in [1.54, 1.807) is 18.2 Å². The zero-order chi connectivity index (χ0) is 15.6. The molecular weight excluding hydrogens is 471 g/mol. The summed E-state index contributed by atoms with van der Waals surface area (Å²) >= 11 is 5.48. The average molecular weight is 481 g/mol. The van der Waals surface area contributed by atoms with Gasteiger partial charge < -0.3 is 5.32 Å². The highest BCUT2D eigenvalue weighted by Crippen LogP contribution is 2.21. The maximum absolute atomic E-state index is 12.1. The van der Waals surface area contributed by atoms with Crippen molar-refractivity contribution in [2.45, 2.75) is 4.90 Å². The SMILES string of the molecule is NS(=O)(=O)c1ccc(NC(=O)c2ccc(Br)c(I)c2)cc1. The van der Waals surface area contributed by atoms with Crippen molar-refractivity contribution < 1.29 is 13.2 Å². The van der Waals surface area contributed by atoms with Crippen LogP contribution in [0.5, 0.6) is 0 Å². The minimum atomic E-state index is -3.73. The number of amides is 1. The minimum absolute atomic E-state index is 0.00121. The smallest absolute Gasteiger partial charge is 0.255 e. The quantitative estimate of drug-likeness (QED) is 0.662. The number of primary sulfonamides is 1. The molecule has 8 heteroatoms. The predicted octanol–water partition coefficient (Wildman–Crippen LogP) is 2.95. The lowest BCUT2D eigenvalue weighted by atomic mass is 10.2. The second-order valence-electron chi connectivity index (χ2n) is 4.15. The lowest BCUT2D eigenvalue weighted by molar-refractivity contribution is 0.102. The van der Waals surface area contributed by atoms with Gasteiger partial charge in [-0.2, -0.15) is 0 Å². The van der Waals surface area contributed by atoms with Gasteiger partial charge in [-0.3, -0.25) is 4.79 Å². The lowest BCUT2D eigenvalue weighted by Crippen LogP contribution is -2.14. The Kier molecular flexibility index (Phi) is 5.02. The van der Waals surface area contributed by atoms with Gasteiger partial charge >= 0.3 is 0 Å². The van der Waals surface area contributed by atoms with Crippen LogP contribution in [-0.2, 0) is 10.0 Å². The number of halogens is 2. The third-order valence-electron chi connectivity index (χ3n) is 2.62. The van der Waals surface area contributed by atoms with Gasteiger partial charge in [-0.05, 0) is 81.0 Å². The van der Waals surface area contributed by atoms with Crippen LogP contribution >= 0.6 is 38.5 Å². The van der Waals surface area contributed by atoms with Crippen molar-refractivity contribution in [3.8, 4) is 0 Å². The molecule has 2 aromatic carbocycles. The van der Waals surface area contributed by atoms with Gasteiger partial charge in [0.05, 0.1) is 4.90 Å². The van der Waals surface area contributed by atoms with E-state index in [-0.39, 0.29) is 10.8 Å². The van der Waals surface area contributed by atoms with Gasteiger partial charge in [0.25, 0.3) is 5.91 Å². The highest BCUT2D eigenvalue weighted by atomic mass is 127. The van der Waals surface area contributed by atoms with Gasteiger partial charge in [-0.15, -0.1) is 0 Å². The van der Waals surface area contributed by atoms with Crippen molar-refractivity contribution in [1.29, 1.82) is 0 Å². The summed E-state index contributed by atoms with van der Waals surface area (Å²) in [5.41, 5.74) is 1.00. The van der Waals surface area contributed by atoms with E-state index in [1.807, 2.05) is 0 Å². The molecule has 0 aliphatic heterocycles. The molecule has 2 aromatic rings. The van der Waals surface area contributed by atoms with Gasteiger partial charge in [0.1, 0.15) is 0 Å². The zero-order valence-electron chi connectivity index (χ0n) is 10.5. The first-order valence-electron chi connectivity index (χ1n) is 5.66. The van der Waals surface area contributed by atoms with E-state index >= 15 is 0 Å². The Bertz CT molecular complexity index is 792. The molecule has 1 amide bonds. The van der Waals surface area contributed by atoms with Crippen molar-refractivity contribution in [3.05, 3.63) is 56.1 Å². The standard InChI is InChI=1S/C13H10BrIN2O3S/c14-11-6-1-8(7-12(11)15)13(18)17-9-2-4-10(5-3-9)21(16,19)20/h1-7H,(H,17,18)(H2,16,19,20). The van der Waals surface area contributed by atoms with Crippen LogP contribution in [0.3, 0.4) is 0 Å². The maximum Gasteiger partial charge on any atom is 0.255 e. The van der Waals surface area contributed by atoms with E-state index in [4.69, 9.17) is 5.14 Å². The molecule has 3 N–H and O–H groups in total. The first-order chi connectivity index (χ1) is 9.77. The maximum atomic E-state index is 12.1. The fraction of sp³-hybridized carbons (Fsp3) is 0. The number of hydrogen-bond donors (Lipinski definition) is 2. The summed E-state index contributed by atoms with van der Waals surface area (Å²) in [6, 6.07) is 10.9. The number of hydrogen-bond acceptors (Lipinski definition) is 3. The molecule has 0 fully saturated rings. The zero-order valence-corrected chi connectivity index (χ0v) is 15.1. The molecule has 0 saturated carbocycles. The minimum Gasteiger partial charge on any atom is -0.322 e. The predicted molar refractivity (Wildman–Crippen MR) is 92.6 cm³/mol. The molecule has 2 rings (SSSR count). The summed E-state index contributed by atoms with van der Waals surface area (Å²) in [5, 5.41) is 7.70. The summed E-state index contributed by atoms with van der Waals surface area (Å²) in [7, 11) is -3.73. The molecule has 21 heavy (non-hydrogen) atoms. The van der Waals surface area contributed by atoms with Crippen LogP contribution in [0.1, 0.15) is 10.4 Å². The largest absolute Gasteiger partial charge is 0.322 e. The fourth-order valence-corrected chi connectivity index (χ4v) is 2.85. The number of sulfonamides is 1. The molecular formula is C13H10BrIN2O3S. The first-order valence-corrected chi connectivity index (χ1v) is 9.08. The number of nitrogens with two attached hydrogens (primary N) is 1. The molecule has 0 unspecified atom stereocenters. The van der Waals surface area contributed by atoms with Crippen LogP contribution in [0.25, 0.3) is 0 Å². The van der Waals surface area contributed by atoms with Gasteiger partial charge in [0, 0.05) is 19.3 Å². The molecule has 0 aromatic heterocycles. The Hall–Kier alpha value is -0.970. The van der Waals surface area contributed by atoms with E-state index in [9.17, 15) is 13.2 Å². The van der Waals surface area contributed by atoms with Crippen molar-refractivity contribution in [1.82, 2.24) is 0 Å². The van der Waals surface area contributed by atoms with Crippen molar-refractivity contribution >= 4 is 60.1 Å². The molecule has 0 radical (unpaired) electrons. The van der Waals surface area contributed by atoms with Crippen molar-refractivity contribution in [3.63, 3.8) is 0 Å². The van der Waals surface area contributed by atoms with Gasteiger partial charge in [0.15, 0.2) is 0 Å². The van der Waals surface area contributed by atoms with Crippen LogP contribution < -0.4 is 10.5 Å². The topological polar surface area (TPSA) is 89.3 Å². The van der Waals surface area contributed by atoms with E-state index in [2.05, 4.69) is 43.8 Å². The first kappa shape index (κ1) is 16.4. The summed E-state index contributed by atoms with van der Waals surface area (Å²) < 4.78 is 24.1. The second-order valence-corrected chi connectivity index (χ2v) is 7.73. The Morgan fingerprint density at radius 3 is 2.29 bits per heavy atom. The number of carbonyl (C=O) groups is 1. The normalized spacial score (nSPS) is 11.2. The molecule has 5 nitrogen and oxygen atoms in total. The third kappa shape index (κ3) is 4.25. The molecule has 0 atom stereocenters. The number of carbonyl (C=O) groups excluding carboxylic acids is 1. The molecule has 0 aliphatic carbocycles. The van der Waals surface area contributed by atoms with Crippen LogP contribution in [0, 0.1) is 3.57 Å². The Morgan fingerprint density at radius 1 is 1.14 bits per heavy atom. The molecule has 0 aliphatic rings. The van der Waals surface area contributed by atoms with Crippen LogP contribution in [0.4, 0.5) is 5.69 Å². The highest BCUT2D eigenvalue weighted by molar-refractivity contribution is 14.1. The second kappa shape index (κ2) is 6.42. The van der Waals surface area contributed by atoms with Crippen molar-refractivity contribution in [2.24, 2.45) is 5.14 Å². The molecule has 0 bridgehead atoms. The number of anilines is 1. The molecule has 0 heterocycles. The molecule has 110 valence electrons. The summed E-state index contributed by atoms with van der Waals surface area (Å²) in [4.78, 5) is 12.1. The van der Waals surface area contributed by atoms with Crippen molar-refractivity contribution in [2.75, 3.05) is 5.32 Å². The number of rotatable bonds is 3. The molecule has 0 spiro atoms. The summed E-state index contributed by atoms with van der Waals surface area (Å²) in [5.74, 6) is -0.274.